The lowest BCUT2D eigenvalue weighted by atomic mass is 10.2. The van der Waals surface area contributed by atoms with Crippen LogP contribution in [0.1, 0.15) is 19.3 Å². The zero-order valence-electron chi connectivity index (χ0n) is 12.3. The maximum Gasteiger partial charge on any atom is 0.224 e. The van der Waals surface area contributed by atoms with Gasteiger partial charge in [-0.2, -0.15) is 0 Å². The van der Waals surface area contributed by atoms with Crippen LogP contribution in [0.4, 0.5) is 11.4 Å². The van der Waals surface area contributed by atoms with Crippen molar-refractivity contribution in [3.63, 3.8) is 0 Å². The Bertz CT molecular complexity index is 496. The van der Waals surface area contributed by atoms with Crippen LogP contribution in [-0.4, -0.2) is 43.7 Å². The second kappa shape index (κ2) is 7.64. The number of hydrogen-bond donors (Lipinski definition) is 2. The monoisotopic (exact) mass is 311 g/mol. The van der Waals surface area contributed by atoms with Gasteiger partial charge in [-0.05, 0) is 37.6 Å². The van der Waals surface area contributed by atoms with Gasteiger partial charge in [-0.3, -0.25) is 4.79 Å². The van der Waals surface area contributed by atoms with Crippen LogP contribution in [0.25, 0.3) is 0 Å². The van der Waals surface area contributed by atoms with E-state index in [4.69, 9.17) is 22.1 Å². The first-order valence-electron chi connectivity index (χ1n) is 7.18. The molecule has 0 saturated carbocycles. The van der Waals surface area contributed by atoms with Crippen LogP contribution < -0.4 is 11.1 Å². The summed E-state index contributed by atoms with van der Waals surface area (Å²) in [7, 11) is 1.75. The summed E-state index contributed by atoms with van der Waals surface area (Å²) in [5.74, 6) is -0.0239. The normalized spacial score (nSPS) is 18.9. The van der Waals surface area contributed by atoms with Crippen molar-refractivity contribution in [3.05, 3.63) is 23.2 Å². The third-order valence-electron chi connectivity index (χ3n) is 3.71. The van der Waals surface area contributed by atoms with Gasteiger partial charge in [0.15, 0.2) is 0 Å². The average molecular weight is 312 g/mol. The Morgan fingerprint density at radius 2 is 2.38 bits per heavy atom. The largest absolute Gasteiger partial charge is 0.399 e. The molecule has 0 radical (unpaired) electrons. The van der Waals surface area contributed by atoms with E-state index in [-0.39, 0.29) is 5.91 Å². The molecule has 1 amide bonds. The van der Waals surface area contributed by atoms with Crippen molar-refractivity contribution in [2.75, 3.05) is 37.8 Å². The molecule has 2 rings (SSSR count). The molecule has 6 heteroatoms. The highest BCUT2D eigenvalue weighted by atomic mass is 35.5. The first kappa shape index (κ1) is 16.1. The Hall–Kier alpha value is -1.30. The van der Waals surface area contributed by atoms with E-state index in [9.17, 15) is 4.79 Å². The summed E-state index contributed by atoms with van der Waals surface area (Å²) in [5.41, 5.74) is 6.81. The number of methoxy groups -OCH3 is 1. The number of anilines is 2. The predicted octanol–water partition coefficient (Wildman–Crippen LogP) is 2.36. The van der Waals surface area contributed by atoms with Gasteiger partial charge in [0.05, 0.1) is 16.8 Å². The highest BCUT2D eigenvalue weighted by molar-refractivity contribution is 6.34. The highest BCUT2D eigenvalue weighted by Gasteiger charge is 2.21. The molecule has 0 spiro atoms. The Kier molecular flexibility index (Phi) is 5.85. The number of hydrogen-bond acceptors (Lipinski definition) is 4. The van der Waals surface area contributed by atoms with Crippen LogP contribution in [0.15, 0.2) is 18.2 Å². The van der Waals surface area contributed by atoms with Crippen LogP contribution >= 0.6 is 11.6 Å². The number of nitrogens with two attached hydrogens (primary N) is 1. The lowest BCUT2D eigenvalue weighted by Gasteiger charge is -2.15. The number of rotatable bonds is 6. The molecule has 0 bridgehead atoms. The molecule has 1 heterocycles. The summed E-state index contributed by atoms with van der Waals surface area (Å²) < 4.78 is 5.32. The topological polar surface area (TPSA) is 67.6 Å². The van der Waals surface area contributed by atoms with Gasteiger partial charge < -0.3 is 20.7 Å². The van der Waals surface area contributed by atoms with Gasteiger partial charge in [-0.1, -0.05) is 11.6 Å². The zero-order chi connectivity index (χ0) is 15.2. The smallest absolute Gasteiger partial charge is 0.224 e. The van der Waals surface area contributed by atoms with E-state index in [1.54, 1.807) is 25.3 Å². The summed E-state index contributed by atoms with van der Waals surface area (Å²) in [5, 5.41) is 3.28. The molecular weight excluding hydrogens is 290 g/mol. The third kappa shape index (κ3) is 4.88. The lowest BCUT2D eigenvalue weighted by Crippen LogP contribution is -2.25. The molecule has 1 aliphatic heterocycles. The second-order valence-corrected chi connectivity index (χ2v) is 5.75. The summed E-state index contributed by atoms with van der Waals surface area (Å²) in [6.45, 7) is 2.93. The fourth-order valence-electron chi connectivity index (χ4n) is 2.50. The van der Waals surface area contributed by atoms with E-state index >= 15 is 0 Å². The molecule has 116 valence electrons. The molecule has 1 unspecified atom stereocenters. The molecule has 0 aromatic heterocycles. The zero-order valence-corrected chi connectivity index (χ0v) is 13.0. The van der Waals surface area contributed by atoms with Gasteiger partial charge in [0.25, 0.3) is 0 Å². The molecule has 1 fully saturated rings. The van der Waals surface area contributed by atoms with Crippen molar-refractivity contribution in [1.82, 2.24) is 4.90 Å². The molecule has 0 aliphatic carbocycles. The molecule has 21 heavy (non-hydrogen) atoms. The summed E-state index contributed by atoms with van der Waals surface area (Å²) in [6, 6.07) is 5.07. The number of nitrogens with one attached hydrogen (secondary N) is 1. The molecule has 1 aliphatic rings. The Balaban J connectivity index is 1.70. The van der Waals surface area contributed by atoms with E-state index < -0.39 is 0 Å². The van der Waals surface area contributed by atoms with Gasteiger partial charge in [-0.25, -0.2) is 0 Å². The van der Waals surface area contributed by atoms with Crippen molar-refractivity contribution in [2.24, 2.45) is 0 Å². The number of carbonyl (C=O) groups excluding carboxylic acids is 1. The Morgan fingerprint density at radius 3 is 3.05 bits per heavy atom. The predicted molar refractivity (Wildman–Crippen MR) is 85.6 cm³/mol. The maximum atomic E-state index is 11.9. The number of carbonyl (C=O) groups is 1. The average Bonchev–Trinajstić information content (AvgIpc) is 2.90. The van der Waals surface area contributed by atoms with Crippen molar-refractivity contribution in [3.8, 4) is 0 Å². The van der Waals surface area contributed by atoms with Crippen LogP contribution in [0, 0.1) is 0 Å². The second-order valence-electron chi connectivity index (χ2n) is 5.34. The van der Waals surface area contributed by atoms with Crippen molar-refractivity contribution in [1.29, 1.82) is 0 Å². The van der Waals surface area contributed by atoms with Crippen molar-refractivity contribution in [2.45, 2.75) is 25.4 Å². The highest BCUT2D eigenvalue weighted by Crippen LogP contribution is 2.24. The molecule has 1 saturated heterocycles. The molecule has 1 aromatic rings. The summed E-state index contributed by atoms with van der Waals surface area (Å²) in [6.07, 6.45) is 2.72. The number of nitrogens with zero attached hydrogens (tertiary/aromatic N) is 1. The molecule has 1 aromatic carbocycles. The Morgan fingerprint density at radius 1 is 1.57 bits per heavy atom. The molecular formula is C15H22ClN3O2. The lowest BCUT2D eigenvalue weighted by molar-refractivity contribution is -0.116. The minimum absolute atomic E-state index is 0.0239. The quantitative estimate of drug-likeness (QED) is 0.791. The van der Waals surface area contributed by atoms with Crippen LogP contribution in [0.3, 0.4) is 0 Å². The van der Waals surface area contributed by atoms with Crippen LogP contribution in [-0.2, 0) is 9.53 Å². The summed E-state index contributed by atoms with van der Waals surface area (Å²) in [4.78, 5) is 14.2. The van der Waals surface area contributed by atoms with Crippen molar-refractivity contribution >= 4 is 28.9 Å². The number of nitrogen functional groups attached to an aromatic ring is 1. The minimum atomic E-state index is -0.0239. The number of ether oxygens (including phenoxy) is 1. The molecule has 3 N–H and O–H groups in total. The fraction of sp³-hybridized carbons (Fsp3) is 0.533. The number of halogens is 1. The van der Waals surface area contributed by atoms with Gasteiger partial charge >= 0.3 is 0 Å². The van der Waals surface area contributed by atoms with Gasteiger partial charge in [0, 0.05) is 32.3 Å². The van der Waals surface area contributed by atoms with Crippen molar-refractivity contribution < 1.29 is 9.53 Å². The van der Waals surface area contributed by atoms with E-state index in [1.165, 1.54) is 0 Å². The molecule has 1 atom stereocenters. The first-order chi connectivity index (χ1) is 10.1. The van der Waals surface area contributed by atoms with E-state index in [0.717, 1.165) is 32.5 Å². The maximum absolute atomic E-state index is 11.9. The minimum Gasteiger partial charge on any atom is -0.399 e. The fourth-order valence-corrected chi connectivity index (χ4v) is 2.74. The number of benzene rings is 1. The third-order valence-corrected chi connectivity index (χ3v) is 4.02. The van der Waals surface area contributed by atoms with E-state index in [0.29, 0.717) is 28.9 Å². The van der Waals surface area contributed by atoms with E-state index in [2.05, 4.69) is 10.2 Å². The van der Waals surface area contributed by atoms with Crippen LogP contribution in [0.2, 0.25) is 5.02 Å². The van der Waals surface area contributed by atoms with Gasteiger partial charge in [0.2, 0.25) is 5.91 Å². The van der Waals surface area contributed by atoms with Gasteiger partial charge in [0.1, 0.15) is 0 Å². The molecule has 5 nitrogen and oxygen atoms in total. The summed E-state index contributed by atoms with van der Waals surface area (Å²) >= 11 is 6.03. The standard InChI is InChI=1S/C15H22ClN3O2/c1-21-12-6-8-19(10-12)7-2-3-15(20)18-14-5-4-11(17)9-13(14)16/h4-5,9,12H,2-3,6-8,10,17H2,1H3,(H,18,20). The number of likely N-dealkylation sites (tertiary alicyclic amines) is 1. The number of amides is 1. The first-order valence-corrected chi connectivity index (χ1v) is 7.56. The Labute approximate surface area is 130 Å². The SMILES string of the molecule is COC1CCN(CCCC(=O)Nc2ccc(N)cc2Cl)C1. The van der Waals surface area contributed by atoms with Crippen LogP contribution in [0.5, 0.6) is 0 Å². The van der Waals surface area contributed by atoms with Gasteiger partial charge in [-0.15, -0.1) is 0 Å². The van der Waals surface area contributed by atoms with E-state index in [1.807, 2.05) is 0 Å².